The van der Waals surface area contributed by atoms with Crippen molar-refractivity contribution in [3.63, 3.8) is 0 Å². The summed E-state index contributed by atoms with van der Waals surface area (Å²) in [6, 6.07) is 0. The van der Waals surface area contributed by atoms with E-state index in [2.05, 4.69) is 18.9 Å². The van der Waals surface area contributed by atoms with Crippen LogP contribution in [0.4, 0.5) is 0 Å². The molecule has 0 aromatic carbocycles. The summed E-state index contributed by atoms with van der Waals surface area (Å²) in [5.41, 5.74) is 0. The third kappa shape index (κ3) is 19.2. The number of hydrogen-bond donors (Lipinski definition) is 3. The van der Waals surface area contributed by atoms with Crippen LogP contribution in [0, 0.1) is 5.92 Å². The SMILES string of the molecule is CC(C)CCCNP(=O)(O)O.Cl.Cl. The maximum Gasteiger partial charge on any atom is 0.400 e. The van der Waals surface area contributed by atoms with Gasteiger partial charge in [0, 0.05) is 6.54 Å². The van der Waals surface area contributed by atoms with Crippen LogP contribution in [-0.2, 0) is 4.57 Å². The fourth-order valence-electron chi connectivity index (χ4n) is 0.735. The van der Waals surface area contributed by atoms with Gasteiger partial charge in [0.1, 0.15) is 0 Å². The van der Waals surface area contributed by atoms with Gasteiger partial charge in [-0.25, -0.2) is 9.65 Å². The zero-order valence-electron chi connectivity index (χ0n) is 7.77. The lowest BCUT2D eigenvalue weighted by Crippen LogP contribution is -2.11. The molecule has 0 bridgehead atoms. The standard InChI is InChI=1S/C6H16NO3P.2ClH/c1-6(2)4-3-5-7-11(8,9)10;;/h6H,3-5H2,1-2H3,(H3,7,8,9,10);2*1H. The molecule has 0 aliphatic rings. The molecule has 0 spiro atoms. The van der Waals surface area contributed by atoms with Crippen LogP contribution >= 0.6 is 32.6 Å². The van der Waals surface area contributed by atoms with Crippen LogP contribution in [0.2, 0.25) is 0 Å². The zero-order chi connectivity index (χ0) is 8.91. The molecule has 0 aliphatic heterocycles. The predicted octanol–water partition coefficient (Wildman–Crippen LogP) is 1.95. The summed E-state index contributed by atoms with van der Waals surface area (Å²) in [6.45, 7) is 4.55. The van der Waals surface area contributed by atoms with Crippen molar-refractivity contribution < 1.29 is 14.4 Å². The Morgan fingerprint density at radius 1 is 1.31 bits per heavy atom. The van der Waals surface area contributed by atoms with E-state index in [-0.39, 0.29) is 24.8 Å². The minimum Gasteiger partial charge on any atom is -0.313 e. The van der Waals surface area contributed by atoms with Crippen molar-refractivity contribution >= 4 is 32.6 Å². The van der Waals surface area contributed by atoms with Crippen molar-refractivity contribution in [1.82, 2.24) is 5.09 Å². The van der Waals surface area contributed by atoms with E-state index in [4.69, 9.17) is 9.79 Å². The summed E-state index contributed by atoms with van der Waals surface area (Å²) in [5, 5.41) is 2.14. The van der Waals surface area contributed by atoms with Gasteiger partial charge < -0.3 is 9.79 Å². The highest BCUT2D eigenvalue weighted by atomic mass is 35.5. The average Bonchev–Trinajstić information content (AvgIpc) is 1.78. The topological polar surface area (TPSA) is 69.6 Å². The number of nitrogens with one attached hydrogen (secondary N) is 1. The minimum atomic E-state index is -3.98. The van der Waals surface area contributed by atoms with Crippen LogP contribution in [0.3, 0.4) is 0 Å². The van der Waals surface area contributed by atoms with Gasteiger partial charge in [0.25, 0.3) is 0 Å². The van der Waals surface area contributed by atoms with E-state index in [1.807, 2.05) is 0 Å². The summed E-state index contributed by atoms with van der Waals surface area (Å²) < 4.78 is 10.3. The Balaban J connectivity index is -0.000000500. The molecule has 0 atom stereocenters. The molecule has 0 aliphatic carbocycles. The van der Waals surface area contributed by atoms with Crippen LogP contribution in [-0.4, -0.2) is 16.3 Å². The summed E-state index contributed by atoms with van der Waals surface area (Å²) in [5.74, 6) is 0.591. The van der Waals surface area contributed by atoms with E-state index in [1.165, 1.54) is 0 Å². The van der Waals surface area contributed by atoms with Crippen molar-refractivity contribution in [2.45, 2.75) is 26.7 Å². The van der Waals surface area contributed by atoms with Gasteiger partial charge in [0.05, 0.1) is 0 Å². The van der Waals surface area contributed by atoms with E-state index in [1.54, 1.807) is 0 Å². The average molecular weight is 254 g/mol. The molecule has 0 radical (unpaired) electrons. The lowest BCUT2D eigenvalue weighted by atomic mass is 10.1. The lowest BCUT2D eigenvalue weighted by Gasteiger charge is -2.06. The first kappa shape index (κ1) is 19.3. The molecule has 0 aromatic rings. The Labute approximate surface area is 91.5 Å². The second kappa shape index (κ2) is 9.25. The van der Waals surface area contributed by atoms with Crippen molar-refractivity contribution in [2.75, 3.05) is 6.54 Å². The molecule has 0 unspecified atom stereocenters. The van der Waals surface area contributed by atoms with Crippen molar-refractivity contribution in [3.05, 3.63) is 0 Å². The van der Waals surface area contributed by atoms with Crippen LogP contribution in [0.25, 0.3) is 0 Å². The molecule has 84 valence electrons. The van der Waals surface area contributed by atoms with Crippen LogP contribution in [0.1, 0.15) is 26.7 Å². The van der Waals surface area contributed by atoms with Crippen molar-refractivity contribution in [2.24, 2.45) is 5.92 Å². The molecule has 0 saturated carbocycles. The van der Waals surface area contributed by atoms with Gasteiger partial charge in [0.2, 0.25) is 0 Å². The molecule has 13 heavy (non-hydrogen) atoms. The van der Waals surface area contributed by atoms with Crippen molar-refractivity contribution in [3.8, 4) is 0 Å². The Bertz CT molecular complexity index is 151. The van der Waals surface area contributed by atoms with Crippen LogP contribution < -0.4 is 5.09 Å². The van der Waals surface area contributed by atoms with E-state index in [9.17, 15) is 4.57 Å². The van der Waals surface area contributed by atoms with Gasteiger partial charge in [-0.2, -0.15) is 0 Å². The molecule has 0 amide bonds. The van der Waals surface area contributed by atoms with E-state index in [0.29, 0.717) is 12.5 Å². The molecule has 3 N–H and O–H groups in total. The molecule has 0 heterocycles. The molecule has 0 rings (SSSR count). The molecule has 0 saturated heterocycles. The summed E-state index contributed by atoms with van der Waals surface area (Å²) in [4.78, 5) is 16.8. The predicted molar refractivity (Wildman–Crippen MR) is 58.6 cm³/mol. The van der Waals surface area contributed by atoms with Gasteiger partial charge in [0.15, 0.2) is 0 Å². The first-order chi connectivity index (χ1) is 4.92. The van der Waals surface area contributed by atoms with E-state index < -0.39 is 7.75 Å². The second-order valence-electron chi connectivity index (χ2n) is 2.99. The highest BCUT2D eigenvalue weighted by Gasteiger charge is 2.09. The summed E-state index contributed by atoms with van der Waals surface area (Å²) in [7, 11) is -3.98. The Kier molecular flexibility index (Phi) is 13.7. The smallest absolute Gasteiger partial charge is 0.313 e. The first-order valence-corrected chi connectivity index (χ1v) is 5.34. The third-order valence-electron chi connectivity index (χ3n) is 1.28. The number of hydrogen-bond acceptors (Lipinski definition) is 1. The fourth-order valence-corrected chi connectivity index (χ4v) is 1.18. The van der Waals surface area contributed by atoms with Gasteiger partial charge in [-0.15, -0.1) is 24.8 Å². The highest BCUT2D eigenvalue weighted by molar-refractivity contribution is 7.49. The Morgan fingerprint density at radius 3 is 2.08 bits per heavy atom. The maximum atomic E-state index is 10.3. The third-order valence-corrected chi connectivity index (χ3v) is 1.91. The molecular weight excluding hydrogens is 236 g/mol. The monoisotopic (exact) mass is 253 g/mol. The second-order valence-corrected chi connectivity index (χ2v) is 4.39. The zero-order valence-corrected chi connectivity index (χ0v) is 10.3. The quantitative estimate of drug-likeness (QED) is 0.518. The van der Waals surface area contributed by atoms with E-state index in [0.717, 1.165) is 12.8 Å². The molecule has 4 nitrogen and oxygen atoms in total. The largest absolute Gasteiger partial charge is 0.400 e. The van der Waals surface area contributed by atoms with Gasteiger partial charge in [-0.1, -0.05) is 13.8 Å². The lowest BCUT2D eigenvalue weighted by molar-refractivity contribution is 0.355. The molecular formula is C6H18Cl2NO3P. The minimum absolute atomic E-state index is 0. The number of halogens is 2. The van der Waals surface area contributed by atoms with Gasteiger partial charge >= 0.3 is 7.75 Å². The van der Waals surface area contributed by atoms with Gasteiger partial charge in [-0.3, -0.25) is 0 Å². The fraction of sp³-hybridized carbons (Fsp3) is 1.00. The van der Waals surface area contributed by atoms with Crippen molar-refractivity contribution in [1.29, 1.82) is 0 Å². The summed E-state index contributed by atoms with van der Waals surface area (Å²) in [6.07, 6.45) is 1.80. The Morgan fingerprint density at radius 2 is 1.77 bits per heavy atom. The molecule has 0 aromatic heterocycles. The van der Waals surface area contributed by atoms with Gasteiger partial charge in [-0.05, 0) is 18.8 Å². The first-order valence-electron chi connectivity index (χ1n) is 3.72. The maximum absolute atomic E-state index is 10.3. The summed E-state index contributed by atoms with van der Waals surface area (Å²) >= 11 is 0. The molecule has 0 fully saturated rings. The highest BCUT2D eigenvalue weighted by Crippen LogP contribution is 2.27. The molecule has 7 heteroatoms. The Hall–Kier alpha value is 0.690. The van der Waals surface area contributed by atoms with Crippen LogP contribution in [0.15, 0.2) is 0 Å². The van der Waals surface area contributed by atoms with E-state index >= 15 is 0 Å². The van der Waals surface area contributed by atoms with Crippen LogP contribution in [0.5, 0.6) is 0 Å². The number of rotatable bonds is 5. The normalized spacial score (nSPS) is 10.5.